The number of aryl methyl sites for hydroxylation is 2. The van der Waals surface area contributed by atoms with Crippen molar-refractivity contribution < 1.29 is 0 Å². The predicted molar refractivity (Wildman–Crippen MR) is 82.4 cm³/mol. The minimum absolute atomic E-state index is 0.906. The summed E-state index contributed by atoms with van der Waals surface area (Å²) in [4.78, 5) is 8.60. The predicted octanol–water partition coefficient (Wildman–Crippen LogP) is 4.43. The molecule has 1 heterocycles. The maximum Gasteiger partial charge on any atom is 0.0891 e. The minimum Gasteiger partial charge on any atom is -0.261 e. The Hall–Kier alpha value is -2.48. The van der Waals surface area contributed by atoms with E-state index in [2.05, 4.69) is 66.3 Å². The fraction of sp³-hybridized carbons (Fsp3) is 0.111. The first-order chi connectivity index (χ1) is 9.74. The van der Waals surface area contributed by atoms with E-state index in [1.165, 1.54) is 22.3 Å². The lowest BCUT2D eigenvalue weighted by Crippen LogP contribution is -1.90. The number of aromatic nitrogens is 2. The van der Waals surface area contributed by atoms with Crippen LogP contribution < -0.4 is 0 Å². The number of benzene rings is 2. The molecule has 0 N–H and O–H groups in total. The molecule has 0 fully saturated rings. The summed E-state index contributed by atoms with van der Waals surface area (Å²) >= 11 is 0. The monoisotopic (exact) mass is 260 g/mol. The Morgan fingerprint density at radius 2 is 1.65 bits per heavy atom. The molecule has 98 valence electrons. The first-order valence-electron chi connectivity index (χ1n) is 6.68. The van der Waals surface area contributed by atoms with Crippen LogP contribution in [0.3, 0.4) is 0 Å². The van der Waals surface area contributed by atoms with Crippen LogP contribution in [-0.2, 0) is 0 Å². The van der Waals surface area contributed by atoms with Crippen LogP contribution in [0.2, 0.25) is 0 Å². The molecule has 20 heavy (non-hydrogen) atoms. The molecule has 1 aromatic heterocycles. The Balaban J connectivity index is 2.22. The van der Waals surface area contributed by atoms with Gasteiger partial charge >= 0.3 is 0 Å². The van der Waals surface area contributed by atoms with Gasteiger partial charge in [-0.15, -0.1) is 0 Å². The van der Waals surface area contributed by atoms with Gasteiger partial charge in [-0.1, -0.05) is 53.6 Å². The van der Waals surface area contributed by atoms with E-state index in [0.29, 0.717) is 0 Å². The Labute approximate surface area is 119 Å². The van der Waals surface area contributed by atoms with Gasteiger partial charge < -0.3 is 0 Å². The standard InChI is InChI=1S/C18H16N2/c1-13-4-3-5-15(10-13)17-11-14(2)6-7-16(17)18-12-19-8-9-20-18/h3-12H,1-2H3. The van der Waals surface area contributed by atoms with Crippen molar-refractivity contribution in [2.45, 2.75) is 13.8 Å². The van der Waals surface area contributed by atoms with Gasteiger partial charge in [0.1, 0.15) is 0 Å². The average Bonchev–Trinajstić information content (AvgIpc) is 2.48. The molecule has 0 saturated heterocycles. The summed E-state index contributed by atoms with van der Waals surface area (Å²) < 4.78 is 0. The molecule has 2 heteroatoms. The molecule has 3 rings (SSSR count). The van der Waals surface area contributed by atoms with Crippen molar-refractivity contribution in [3.63, 3.8) is 0 Å². The lowest BCUT2D eigenvalue weighted by Gasteiger charge is -2.11. The number of rotatable bonds is 2. The third-order valence-electron chi connectivity index (χ3n) is 3.34. The Morgan fingerprint density at radius 1 is 0.800 bits per heavy atom. The summed E-state index contributed by atoms with van der Waals surface area (Å²) in [5.74, 6) is 0. The van der Waals surface area contributed by atoms with Crippen LogP contribution in [0, 0.1) is 13.8 Å². The van der Waals surface area contributed by atoms with E-state index < -0.39 is 0 Å². The fourth-order valence-electron chi connectivity index (χ4n) is 2.37. The van der Waals surface area contributed by atoms with Crippen LogP contribution in [0.1, 0.15) is 11.1 Å². The molecule has 0 spiro atoms. The minimum atomic E-state index is 0.906. The van der Waals surface area contributed by atoms with E-state index in [1.54, 1.807) is 12.4 Å². The van der Waals surface area contributed by atoms with Crippen molar-refractivity contribution in [2.75, 3.05) is 0 Å². The zero-order valence-electron chi connectivity index (χ0n) is 11.7. The molecule has 0 radical (unpaired) electrons. The summed E-state index contributed by atoms with van der Waals surface area (Å²) in [5, 5.41) is 0. The molecule has 0 unspecified atom stereocenters. The Kier molecular flexibility index (Phi) is 3.30. The maximum absolute atomic E-state index is 4.42. The summed E-state index contributed by atoms with van der Waals surface area (Å²) in [6, 6.07) is 15.0. The van der Waals surface area contributed by atoms with Crippen LogP contribution in [0.25, 0.3) is 22.4 Å². The molecular formula is C18H16N2. The van der Waals surface area contributed by atoms with E-state index in [4.69, 9.17) is 0 Å². The molecule has 0 bridgehead atoms. The van der Waals surface area contributed by atoms with Gasteiger partial charge in [-0.3, -0.25) is 9.97 Å². The van der Waals surface area contributed by atoms with Gasteiger partial charge in [0.15, 0.2) is 0 Å². The molecular weight excluding hydrogens is 244 g/mol. The van der Waals surface area contributed by atoms with Crippen LogP contribution >= 0.6 is 0 Å². The van der Waals surface area contributed by atoms with Crippen LogP contribution in [-0.4, -0.2) is 9.97 Å². The normalized spacial score (nSPS) is 10.5. The van der Waals surface area contributed by atoms with Crippen molar-refractivity contribution in [3.05, 3.63) is 72.2 Å². The van der Waals surface area contributed by atoms with E-state index in [9.17, 15) is 0 Å². The number of hydrogen-bond donors (Lipinski definition) is 0. The van der Waals surface area contributed by atoms with Gasteiger partial charge in [0.2, 0.25) is 0 Å². The topological polar surface area (TPSA) is 25.8 Å². The number of hydrogen-bond acceptors (Lipinski definition) is 2. The maximum atomic E-state index is 4.42. The Bertz CT molecular complexity index is 733. The first-order valence-corrected chi connectivity index (χ1v) is 6.68. The molecule has 0 aliphatic carbocycles. The molecule has 2 nitrogen and oxygen atoms in total. The molecule has 3 aromatic rings. The summed E-state index contributed by atoms with van der Waals surface area (Å²) in [6.07, 6.45) is 5.24. The highest BCUT2D eigenvalue weighted by atomic mass is 14.8. The molecule has 2 aromatic carbocycles. The van der Waals surface area contributed by atoms with E-state index in [0.717, 1.165) is 11.3 Å². The zero-order chi connectivity index (χ0) is 13.9. The molecule has 0 aliphatic heterocycles. The second-order valence-corrected chi connectivity index (χ2v) is 5.01. The smallest absolute Gasteiger partial charge is 0.0891 e. The zero-order valence-corrected chi connectivity index (χ0v) is 11.7. The van der Waals surface area contributed by atoms with Crippen molar-refractivity contribution >= 4 is 0 Å². The summed E-state index contributed by atoms with van der Waals surface area (Å²) in [5.41, 5.74) is 6.95. The van der Waals surface area contributed by atoms with Gasteiger partial charge in [0.25, 0.3) is 0 Å². The fourth-order valence-corrected chi connectivity index (χ4v) is 2.37. The van der Waals surface area contributed by atoms with Gasteiger partial charge in [-0.2, -0.15) is 0 Å². The average molecular weight is 260 g/mol. The van der Waals surface area contributed by atoms with Crippen molar-refractivity contribution in [1.29, 1.82) is 0 Å². The van der Waals surface area contributed by atoms with Gasteiger partial charge in [-0.25, -0.2) is 0 Å². The number of nitrogens with zero attached hydrogens (tertiary/aromatic N) is 2. The third kappa shape index (κ3) is 2.45. The van der Waals surface area contributed by atoms with E-state index >= 15 is 0 Å². The van der Waals surface area contributed by atoms with Crippen LogP contribution in [0.4, 0.5) is 0 Å². The van der Waals surface area contributed by atoms with Crippen LogP contribution in [0.5, 0.6) is 0 Å². The van der Waals surface area contributed by atoms with Gasteiger partial charge in [0.05, 0.1) is 11.9 Å². The van der Waals surface area contributed by atoms with Crippen molar-refractivity contribution in [1.82, 2.24) is 9.97 Å². The summed E-state index contributed by atoms with van der Waals surface area (Å²) in [6.45, 7) is 4.22. The quantitative estimate of drug-likeness (QED) is 0.681. The largest absolute Gasteiger partial charge is 0.261 e. The highest BCUT2D eigenvalue weighted by Crippen LogP contribution is 2.31. The van der Waals surface area contributed by atoms with Gasteiger partial charge in [-0.05, 0) is 25.0 Å². The second-order valence-electron chi connectivity index (χ2n) is 5.01. The highest BCUT2D eigenvalue weighted by molar-refractivity contribution is 5.82. The Morgan fingerprint density at radius 3 is 2.40 bits per heavy atom. The highest BCUT2D eigenvalue weighted by Gasteiger charge is 2.09. The SMILES string of the molecule is Cc1cccc(-c2cc(C)ccc2-c2cnccn2)c1. The first kappa shape index (κ1) is 12.5. The molecule has 0 amide bonds. The van der Waals surface area contributed by atoms with Gasteiger partial charge in [0, 0.05) is 18.0 Å². The van der Waals surface area contributed by atoms with Crippen molar-refractivity contribution in [2.24, 2.45) is 0 Å². The second kappa shape index (κ2) is 5.25. The van der Waals surface area contributed by atoms with E-state index in [1.807, 2.05) is 6.20 Å². The lowest BCUT2D eigenvalue weighted by atomic mass is 9.95. The molecule has 0 atom stereocenters. The van der Waals surface area contributed by atoms with Crippen molar-refractivity contribution in [3.8, 4) is 22.4 Å². The molecule has 0 aliphatic rings. The third-order valence-corrected chi connectivity index (χ3v) is 3.34. The summed E-state index contributed by atoms with van der Waals surface area (Å²) in [7, 11) is 0. The van der Waals surface area contributed by atoms with E-state index in [-0.39, 0.29) is 0 Å². The lowest BCUT2D eigenvalue weighted by molar-refractivity contribution is 1.20. The van der Waals surface area contributed by atoms with Crippen LogP contribution in [0.15, 0.2) is 61.1 Å². The molecule has 0 saturated carbocycles.